The molecule has 3 aromatic rings. The second-order valence-corrected chi connectivity index (χ2v) is 6.57. The summed E-state index contributed by atoms with van der Waals surface area (Å²) in [5.41, 5.74) is 2.81. The number of nitrogens with zero attached hydrogens (tertiary/aromatic N) is 1. The predicted molar refractivity (Wildman–Crippen MR) is 97.9 cm³/mol. The Bertz CT molecular complexity index is 920. The van der Waals surface area contributed by atoms with Gasteiger partial charge in [0, 0.05) is 11.3 Å². The Kier molecular flexibility index (Phi) is 4.81. The highest BCUT2D eigenvalue weighted by Crippen LogP contribution is 2.30. The maximum atomic E-state index is 13.4. The minimum Gasteiger partial charge on any atom is -0.497 e. The summed E-state index contributed by atoms with van der Waals surface area (Å²) < 4.78 is 18.5. The van der Waals surface area contributed by atoms with Crippen molar-refractivity contribution in [2.75, 3.05) is 12.4 Å². The number of ether oxygens (including phenoxy) is 1. The van der Waals surface area contributed by atoms with Gasteiger partial charge in [-0.15, -0.1) is 11.3 Å². The van der Waals surface area contributed by atoms with Gasteiger partial charge in [0.05, 0.1) is 12.8 Å². The number of anilines is 1. The fourth-order valence-electron chi connectivity index (χ4n) is 2.37. The monoisotopic (exact) mass is 356 g/mol. The Morgan fingerprint density at radius 1 is 1.16 bits per heavy atom. The molecule has 1 N–H and O–H groups in total. The van der Waals surface area contributed by atoms with Crippen molar-refractivity contribution in [1.29, 1.82) is 0 Å². The largest absolute Gasteiger partial charge is 0.497 e. The van der Waals surface area contributed by atoms with Crippen molar-refractivity contribution in [3.8, 4) is 16.3 Å². The maximum Gasteiger partial charge on any atom is 0.267 e. The van der Waals surface area contributed by atoms with E-state index in [0.29, 0.717) is 16.3 Å². The molecule has 6 heteroatoms. The van der Waals surface area contributed by atoms with E-state index in [1.807, 2.05) is 31.2 Å². The zero-order valence-corrected chi connectivity index (χ0v) is 14.9. The van der Waals surface area contributed by atoms with Gasteiger partial charge in [-0.05, 0) is 55.8 Å². The first-order valence-electron chi connectivity index (χ1n) is 7.67. The smallest absolute Gasteiger partial charge is 0.267 e. The van der Waals surface area contributed by atoms with Gasteiger partial charge in [0.2, 0.25) is 0 Å². The van der Waals surface area contributed by atoms with Crippen LogP contribution in [0.25, 0.3) is 10.6 Å². The molecule has 1 amide bonds. The number of methoxy groups -OCH3 is 1. The van der Waals surface area contributed by atoms with E-state index in [9.17, 15) is 9.18 Å². The molecule has 1 aromatic heterocycles. The van der Waals surface area contributed by atoms with Crippen molar-refractivity contribution in [3.63, 3.8) is 0 Å². The fraction of sp³-hybridized carbons (Fsp3) is 0.158. The number of carbonyl (C=O) groups is 1. The average Bonchev–Trinajstić information content (AvgIpc) is 3.00. The minimum absolute atomic E-state index is 0.288. The van der Waals surface area contributed by atoms with Crippen LogP contribution in [0.2, 0.25) is 0 Å². The molecule has 3 rings (SSSR count). The molecule has 0 fully saturated rings. The number of rotatable bonds is 4. The molecule has 128 valence electrons. The first kappa shape index (κ1) is 17.1. The van der Waals surface area contributed by atoms with Crippen LogP contribution in [-0.2, 0) is 0 Å². The first-order valence-corrected chi connectivity index (χ1v) is 8.49. The molecule has 0 spiro atoms. The van der Waals surface area contributed by atoms with E-state index in [1.54, 1.807) is 20.1 Å². The minimum atomic E-state index is -0.388. The number of thiazole rings is 1. The van der Waals surface area contributed by atoms with Crippen LogP contribution in [0.1, 0.15) is 20.9 Å². The number of halogens is 1. The molecule has 0 saturated heterocycles. The Morgan fingerprint density at radius 3 is 2.56 bits per heavy atom. The number of hydrogen-bond acceptors (Lipinski definition) is 4. The summed E-state index contributed by atoms with van der Waals surface area (Å²) in [4.78, 5) is 17.6. The topological polar surface area (TPSA) is 51.2 Å². The highest BCUT2D eigenvalue weighted by Gasteiger charge is 2.17. The van der Waals surface area contributed by atoms with Gasteiger partial charge in [0.15, 0.2) is 0 Å². The zero-order valence-electron chi connectivity index (χ0n) is 14.1. The molecule has 0 radical (unpaired) electrons. The summed E-state index contributed by atoms with van der Waals surface area (Å²) in [6, 6.07) is 11.8. The first-order chi connectivity index (χ1) is 12.0. The van der Waals surface area contributed by atoms with E-state index in [0.717, 1.165) is 21.9 Å². The number of carbonyl (C=O) groups excluding carboxylic acids is 1. The Balaban J connectivity index is 1.86. The van der Waals surface area contributed by atoms with Crippen LogP contribution in [0.3, 0.4) is 0 Å². The maximum absolute atomic E-state index is 13.4. The van der Waals surface area contributed by atoms with Gasteiger partial charge in [-0.25, -0.2) is 9.37 Å². The van der Waals surface area contributed by atoms with Crippen LogP contribution in [0.5, 0.6) is 5.75 Å². The molecular weight excluding hydrogens is 339 g/mol. The summed E-state index contributed by atoms with van der Waals surface area (Å²) in [6.45, 7) is 3.61. The molecule has 0 aliphatic carbocycles. The number of hydrogen-bond donors (Lipinski definition) is 1. The van der Waals surface area contributed by atoms with E-state index >= 15 is 0 Å². The number of aromatic nitrogens is 1. The van der Waals surface area contributed by atoms with Crippen molar-refractivity contribution in [2.24, 2.45) is 0 Å². The lowest BCUT2D eigenvalue weighted by atomic mass is 10.2. The van der Waals surface area contributed by atoms with Gasteiger partial charge in [0.25, 0.3) is 5.91 Å². The number of aryl methyl sites for hydroxylation is 2. The van der Waals surface area contributed by atoms with Gasteiger partial charge >= 0.3 is 0 Å². The molecule has 0 bridgehead atoms. The lowest BCUT2D eigenvalue weighted by Gasteiger charge is -2.07. The molecule has 0 atom stereocenters. The fourth-order valence-corrected chi connectivity index (χ4v) is 3.34. The van der Waals surface area contributed by atoms with Gasteiger partial charge < -0.3 is 10.1 Å². The molecule has 0 saturated carbocycles. The molecule has 0 unspecified atom stereocenters. The Labute approximate surface area is 149 Å². The van der Waals surface area contributed by atoms with E-state index in [2.05, 4.69) is 10.3 Å². The summed E-state index contributed by atoms with van der Waals surface area (Å²) in [5.74, 6) is 0.0842. The van der Waals surface area contributed by atoms with Crippen LogP contribution in [0.15, 0.2) is 42.5 Å². The van der Waals surface area contributed by atoms with Crippen LogP contribution >= 0.6 is 11.3 Å². The van der Waals surface area contributed by atoms with Gasteiger partial charge in [-0.3, -0.25) is 4.79 Å². The summed E-state index contributed by atoms with van der Waals surface area (Å²) in [6.07, 6.45) is 0. The van der Waals surface area contributed by atoms with Crippen LogP contribution in [0.4, 0.5) is 10.1 Å². The van der Waals surface area contributed by atoms with Crippen molar-refractivity contribution in [1.82, 2.24) is 4.98 Å². The van der Waals surface area contributed by atoms with Crippen LogP contribution in [-0.4, -0.2) is 18.0 Å². The van der Waals surface area contributed by atoms with Crippen molar-refractivity contribution in [3.05, 3.63) is 64.4 Å². The summed E-state index contributed by atoms with van der Waals surface area (Å²) in [7, 11) is 1.61. The Hall–Kier alpha value is -2.73. The van der Waals surface area contributed by atoms with E-state index < -0.39 is 0 Å². The third-order valence-corrected chi connectivity index (χ3v) is 4.99. The highest BCUT2D eigenvalue weighted by molar-refractivity contribution is 7.17. The number of nitrogens with one attached hydrogen (secondary N) is 1. The van der Waals surface area contributed by atoms with Crippen LogP contribution in [0, 0.1) is 19.7 Å². The molecule has 2 aromatic carbocycles. The molecule has 25 heavy (non-hydrogen) atoms. The van der Waals surface area contributed by atoms with Gasteiger partial charge in [-0.2, -0.15) is 0 Å². The second-order valence-electron chi connectivity index (χ2n) is 5.58. The predicted octanol–water partition coefficient (Wildman–Crippen LogP) is 4.83. The lowest BCUT2D eigenvalue weighted by molar-refractivity contribution is 0.102. The van der Waals surface area contributed by atoms with E-state index in [1.165, 1.54) is 23.5 Å². The molecule has 0 aliphatic rings. The third-order valence-electron chi connectivity index (χ3n) is 3.79. The van der Waals surface area contributed by atoms with E-state index in [-0.39, 0.29) is 11.7 Å². The molecule has 1 heterocycles. The van der Waals surface area contributed by atoms with Crippen LogP contribution < -0.4 is 10.1 Å². The Morgan fingerprint density at radius 2 is 1.88 bits per heavy atom. The van der Waals surface area contributed by atoms with Gasteiger partial charge in [-0.1, -0.05) is 6.07 Å². The number of amides is 1. The van der Waals surface area contributed by atoms with Gasteiger partial charge in [0.1, 0.15) is 21.5 Å². The number of benzene rings is 2. The van der Waals surface area contributed by atoms with Crippen molar-refractivity contribution >= 4 is 22.9 Å². The quantitative estimate of drug-likeness (QED) is 0.729. The normalized spacial score (nSPS) is 10.6. The third kappa shape index (κ3) is 3.69. The van der Waals surface area contributed by atoms with E-state index in [4.69, 9.17) is 4.74 Å². The second kappa shape index (κ2) is 7.03. The highest BCUT2D eigenvalue weighted by atomic mass is 32.1. The standard InChI is InChI=1S/C19H17FN2O2S/c1-11-4-7-14(20)10-16(11)22-18(23)17-12(2)21-19(25-17)13-5-8-15(24-3)9-6-13/h4-10H,1-3H3,(H,22,23). The molecule has 0 aliphatic heterocycles. The van der Waals surface area contributed by atoms with Crippen molar-refractivity contribution < 1.29 is 13.9 Å². The average molecular weight is 356 g/mol. The SMILES string of the molecule is COc1ccc(-c2nc(C)c(C(=O)Nc3cc(F)ccc3C)s2)cc1. The summed E-state index contributed by atoms with van der Waals surface area (Å²) in [5, 5.41) is 3.51. The molecular formula is C19H17FN2O2S. The molecule has 4 nitrogen and oxygen atoms in total. The summed E-state index contributed by atoms with van der Waals surface area (Å²) >= 11 is 1.31. The zero-order chi connectivity index (χ0) is 18.0. The lowest BCUT2D eigenvalue weighted by Crippen LogP contribution is -2.12. The van der Waals surface area contributed by atoms with Crippen molar-refractivity contribution in [2.45, 2.75) is 13.8 Å².